The SMILES string of the molecule is CCCc1c(C(=O)NC[C@H]2CCCO2)nnn1-c1ccc(C)cc1. The Morgan fingerprint density at radius 1 is 1.38 bits per heavy atom. The van der Waals surface area contributed by atoms with Gasteiger partial charge in [0.25, 0.3) is 5.91 Å². The van der Waals surface area contributed by atoms with Crippen LogP contribution in [-0.4, -0.2) is 40.2 Å². The second-order valence-corrected chi connectivity index (χ2v) is 6.23. The quantitative estimate of drug-likeness (QED) is 0.884. The predicted molar refractivity (Wildman–Crippen MR) is 91.4 cm³/mol. The third-order valence-corrected chi connectivity index (χ3v) is 4.26. The van der Waals surface area contributed by atoms with Gasteiger partial charge in [0.1, 0.15) is 0 Å². The van der Waals surface area contributed by atoms with Gasteiger partial charge in [-0.2, -0.15) is 0 Å². The van der Waals surface area contributed by atoms with Gasteiger partial charge in [0.15, 0.2) is 5.69 Å². The molecule has 1 fully saturated rings. The minimum absolute atomic E-state index is 0.121. The van der Waals surface area contributed by atoms with Crippen LogP contribution in [0.2, 0.25) is 0 Å². The highest BCUT2D eigenvalue weighted by Crippen LogP contribution is 2.16. The van der Waals surface area contributed by atoms with Gasteiger partial charge in [-0.05, 0) is 38.3 Å². The van der Waals surface area contributed by atoms with Crippen LogP contribution < -0.4 is 5.32 Å². The number of amides is 1. The molecule has 2 aromatic rings. The van der Waals surface area contributed by atoms with Crippen LogP contribution in [0.15, 0.2) is 24.3 Å². The molecule has 1 aliphatic heterocycles. The van der Waals surface area contributed by atoms with Gasteiger partial charge in [0.2, 0.25) is 0 Å². The molecule has 0 bridgehead atoms. The fraction of sp³-hybridized carbons (Fsp3) is 0.500. The Morgan fingerprint density at radius 3 is 2.83 bits per heavy atom. The summed E-state index contributed by atoms with van der Waals surface area (Å²) < 4.78 is 7.31. The summed E-state index contributed by atoms with van der Waals surface area (Å²) in [6.07, 6.45) is 3.86. The van der Waals surface area contributed by atoms with E-state index in [1.165, 1.54) is 5.56 Å². The normalized spacial score (nSPS) is 17.2. The van der Waals surface area contributed by atoms with E-state index in [1.807, 2.05) is 31.2 Å². The van der Waals surface area contributed by atoms with Crippen molar-refractivity contribution >= 4 is 5.91 Å². The van der Waals surface area contributed by atoms with E-state index < -0.39 is 0 Å². The number of hydrogen-bond acceptors (Lipinski definition) is 4. The van der Waals surface area contributed by atoms with E-state index in [1.54, 1.807) is 4.68 Å². The van der Waals surface area contributed by atoms with E-state index in [4.69, 9.17) is 4.74 Å². The highest BCUT2D eigenvalue weighted by atomic mass is 16.5. The van der Waals surface area contributed by atoms with E-state index in [0.29, 0.717) is 12.2 Å². The molecular weight excluding hydrogens is 304 g/mol. The summed E-state index contributed by atoms with van der Waals surface area (Å²) in [6.45, 7) is 5.44. The molecule has 1 N–H and O–H groups in total. The lowest BCUT2D eigenvalue weighted by Crippen LogP contribution is -2.32. The standard InChI is InChI=1S/C18H24N4O2/c1-3-5-16-17(18(23)19-12-15-6-4-11-24-15)20-21-22(16)14-9-7-13(2)8-10-14/h7-10,15H,3-6,11-12H2,1-2H3,(H,19,23)/t15-/m1/s1. The van der Waals surface area contributed by atoms with Crippen molar-refractivity contribution in [2.45, 2.75) is 45.6 Å². The number of ether oxygens (including phenoxy) is 1. The Morgan fingerprint density at radius 2 is 2.17 bits per heavy atom. The van der Waals surface area contributed by atoms with Crippen LogP contribution in [0.3, 0.4) is 0 Å². The first-order chi connectivity index (χ1) is 11.7. The van der Waals surface area contributed by atoms with Crippen LogP contribution in [0, 0.1) is 6.92 Å². The smallest absolute Gasteiger partial charge is 0.273 e. The third-order valence-electron chi connectivity index (χ3n) is 4.26. The summed E-state index contributed by atoms with van der Waals surface area (Å²) in [6, 6.07) is 8.06. The zero-order valence-electron chi connectivity index (χ0n) is 14.3. The van der Waals surface area contributed by atoms with Crippen LogP contribution in [0.25, 0.3) is 5.69 Å². The van der Waals surface area contributed by atoms with Crippen LogP contribution in [0.1, 0.15) is 47.9 Å². The van der Waals surface area contributed by atoms with E-state index >= 15 is 0 Å². The molecule has 0 unspecified atom stereocenters. The van der Waals surface area contributed by atoms with Crippen molar-refractivity contribution in [2.75, 3.05) is 13.2 Å². The molecule has 24 heavy (non-hydrogen) atoms. The highest BCUT2D eigenvalue weighted by molar-refractivity contribution is 5.93. The number of rotatable bonds is 6. The monoisotopic (exact) mass is 328 g/mol. The maximum Gasteiger partial charge on any atom is 0.273 e. The Labute approximate surface area is 142 Å². The molecule has 0 spiro atoms. The van der Waals surface area contributed by atoms with E-state index in [9.17, 15) is 4.79 Å². The first-order valence-corrected chi connectivity index (χ1v) is 8.60. The van der Waals surface area contributed by atoms with Gasteiger partial charge in [0, 0.05) is 13.2 Å². The molecule has 0 saturated carbocycles. The number of aryl methyl sites for hydroxylation is 1. The summed E-state index contributed by atoms with van der Waals surface area (Å²) in [5.74, 6) is -0.174. The Hall–Kier alpha value is -2.21. The second kappa shape index (κ2) is 7.57. The van der Waals surface area contributed by atoms with Crippen molar-refractivity contribution in [2.24, 2.45) is 0 Å². The first kappa shape index (κ1) is 16.6. The number of carbonyl (C=O) groups is 1. The molecular formula is C18H24N4O2. The van der Waals surface area contributed by atoms with Crippen LogP contribution >= 0.6 is 0 Å². The average molecular weight is 328 g/mol. The predicted octanol–water partition coefficient (Wildman–Crippen LogP) is 2.44. The van der Waals surface area contributed by atoms with E-state index in [-0.39, 0.29) is 12.0 Å². The number of hydrogen-bond donors (Lipinski definition) is 1. The molecule has 1 aliphatic rings. The molecule has 1 atom stereocenters. The van der Waals surface area contributed by atoms with Crippen molar-refractivity contribution < 1.29 is 9.53 Å². The summed E-state index contributed by atoms with van der Waals surface area (Å²) in [5, 5.41) is 11.3. The highest BCUT2D eigenvalue weighted by Gasteiger charge is 2.22. The van der Waals surface area contributed by atoms with Gasteiger partial charge >= 0.3 is 0 Å². The van der Waals surface area contributed by atoms with Crippen molar-refractivity contribution in [3.8, 4) is 5.69 Å². The fourth-order valence-electron chi connectivity index (χ4n) is 2.93. The lowest BCUT2D eigenvalue weighted by Gasteiger charge is -2.11. The zero-order valence-corrected chi connectivity index (χ0v) is 14.3. The zero-order chi connectivity index (χ0) is 16.9. The molecule has 128 valence electrons. The summed E-state index contributed by atoms with van der Waals surface area (Å²) >= 11 is 0. The first-order valence-electron chi connectivity index (χ1n) is 8.60. The Bertz CT molecular complexity index is 688. The van der Waals surface area contributed by atoms with Gasteiger partial charge in [-0.25, -0.2) is 4.68 Å². The summed E-state index contributed by atoms with van der Waals surface area (Å²) in [4.78, 5) is 12.5. The topological polar surface area (TPSA) is 69.0 Å². The molecule has 1 amide bonds. The maximum atomic E-state index is 12.5. The molecule has 3 rings (SSSR count). The molecule has 1 aromatic carbocycles. The Balaban J connectivity index is 1.79. The second-order valence-electron chi connectivity index (χ2n) is 6.23. The van der Waals surface area contributed by atoms with Crippen LogP contribution in [-0.2, 0) is 11.2 Å². The lowest BCUT2D eigenvalue weighted by molar-refractivity contribution is 0.0853. The number of benzene rings is 1. The molecule has 1 aromatic heterocycles. The Kier molecular flexibility index (Phi) is 5.25. The van der Waals surface area contributed by atoms with Crippen molar-refractivity contribution in [3.63, 3.8) is 0 Å². The lowest BCUT2D eigenvalue weighted by atomic mass is 10.1. The van der Waals surface area contributed by atoms with Crippen molar-refractivity contribution in [3.05, 3.63) is 41.2 Å². The number of aromatic nitrogens is 3. The van der Waals surface area contributed by atoms with Crippen LogP contribution in [0.4, 0.5) is 0 Å². The van der Waals surface area contributed by atoms with E-state index in [2.05, 4.69) is 22.6 Å². The van der Waals surface area contributed by atoms with Gasteiger partial charge in [-0.3, -0.25) is 4.79 Å². The minimum Gasteiger partial charge on any atom is -0.376 e. The third kappa shape index (κ3) is 3.64. The molecule has 0 aliphatic carbocycles. The van der Waals surface area contributed by atoms with Gasteiger partial charge in [0.05, 0.1) is 17.5 Å². The number of nitrogens with one attached hydrogen (secondary N) is 1. The minimum atomic E-state index is -0.174. The average Bonchev–Trinajstić information content (AvgIpc) is 3.24. The summed E-state index contributed by atoms with van der Waals surface area (Å²) in [7, 11) is 0. The molecule has 0 radical (unpaired) electrons. The largest absolute Gasteiger partial charge is 0.376 e. The number of carbonyl (C=O) groups excluding carboxylic acids is 1. The van der Waals surface area contributed by atoms with Crippen molar-refractivity contribution in [1.29, 1.82) is 0 Å². The fourth-order valence-corrected chi connectivity index (χ4v) is 2.93. The summed E-state index contributed by atoms with van der Waals surface area (Å²) in [5.41, 5.74) is 3.38. The molecule has 6 heteroatoms. The van der Waals surface area contributed by atoms with Gasteiger partial charge < -0.3 is 10.1 Å². The maximum absolute atomic E-state index is 12.5. The van der Waals surface area contributed by atoms with E-state index in [0.717, 1.165) is 43.7 Å². The van der Waals surface area contributed by atoms with Crippen LogP contribution in [0.5, 0.6) is 0 Å². The molecule has 1 saturated heterocycles. The molecule has 2 heterocycles. The number of nitrogens with zero attached hydrogens (tertiary/aromatic N) is 3. The van der Waals surface area contributed by atoms with Gasteiger partial charge in [-0.15, -0.1) is 5.10 Å². The van der Waals surface area contributed by atoms with Crippen molar-refractivity contribution in [1.82, 2.24) is 20.3 Å². The van der Waals surface area contributed by atoms with Gasteiger partial charge in [-0.1, -0.05) is 36.3 Å². The molecule has 6 nitrogen and oxygen atoms in total.